The molecule has 2 heteroatoms. The molecular weight excluding hydrogens is 176 g/mol. The van der Waals surface area contributed by atoms with Gasteiger partial charge < -0.3 is 10.2 Å². The van der Waals surface area contributed by atoms with Crippen molar-refractivity contribution >= 4 is 0 Å². The number of hydrogen-bond donors (Lipinski definition) is 2. The van der Waals surface area contributed by atoms with Crippen LogP contribution in [0.5, 0.6) is 0 Å². The Morgan fingerprint density at radius 1 is 1.21 bits per heavy atom. The van der Waals surface area contributed by atoms with Crippen LogP contribution in [0, 0.1) is 0 Å². The molecule has 1 aromatic carbocycles. The van der Waals surface area contributed by atoms with Crippen molar-refractivity contribution in [1.82, 2.24) is 0 Å². The number of hydrogen-bond acceptors (Lipinski definition) is 2. The predicted molar refractivity (Wildman–Crippen MR) is 57.0 cm³/mol. The first-order valence-corrected chi connectivity index (χ1v) is 4.82. The summed E-state index contributed by atoms with van der Waals surface area (Å²) in [4.78, 5) is 0. The molecule has 0 aliphatic rings. The summed E-state index contributed by atoms with van der Waals surface area (Å²) >= 11 is 0. The number of aryl methyl sites for hydroxylation is 1. The van der Waals surface area contributed by atoms with E-state index in [9.17, 15) is 0 Å². The van der Waals surface area contributed by atoms with E-state index in [1.807, 2.05) is 24.3 Å². The molecule has 0 unspecified atom stereocenters. The highest BCUT2D eigenvalue weighted by Crippen LogP contribution is 2.02. The zero-order valence-electron chi connectivity index (χ0n) is 8.13. The SMILES string of the molecule is OC[C@@H](O)/C=C\CCc1ccccc1. The summed E-state index contributed by atoms with van der Waals surface area (Å²) in [7, 11) is 0. The average molecular weight is 192 g/mol. The third kappa shape index (κ3) is 4.21. The van der Waals surface area contributed by atoms with Gasteiger partial charge in [0.2, 0.25) is 0 Å². The molecule has 0 saturated heterocycles. The lowest BCUT2D eigenvalue weighted by Gasteiger charge is -1.99. The van der Waals surface area contributed by atoms with E-state index >= 15 is 0 Å². The minimum atomic E-state index is -0.717. The second-order valence-electron chi connectivity index (χ2n) is 3.20. The van der Waals surface area contributed by atoms with Crippen molar-refractivity contribution in [1.29, 1.82) is 0 Å². The molecule has 0 heterocycles. The van der Waals surface area contributed by atoms with Gasteiger partial charge in [0.05, 0.1) is 12.7 Å². The fraction of sp³-hybridized carbons (Fsp3) is 0.333. The van der Waals surface area contributed by atoms with Gasteiger partial charge in [0.1, 0.15) is 0 Å². The van der Waals surface area contributed by atoms with E-state index in [4.69, 9.17) is 10.2 Å². The molecule has 0 fully saturated rings. The Bertz CT molecular complexity index is 267. The van der Waals surface area contributed by atoms with Gasteiger partial charge in [0.25, 0.3) is 0 Å². The largest absolute Gasteiger partial charge is 0.393 e. The van der Waals surface area contributed by atoms with E-state index in [1.165, 1.54) is 5.56 Å². The van der Waals surface area contributed by atoms with Gasteiger partial charge in [-0.3, -0.25) is 0 Å². The molecule has 2 nitrogen and oxygen atoms in total. The minimum absolute atomic E-state index is 0.207. The molecule has 0 saturated carbocycles. The zero-order chi connectivity index (χ0) is 10.2. The highest BCUT2D eigenvalue weighted by Gasteiger charge is 1.93. The molecule has 0 radical (unpaired) electrons. The topological polar surface area (TPSA) is 40.5 Å². The first-order valence-electron chi connectivity index (χ1n) is 4.82. The summed E-state index contributed by atoms with van der Waals surface area (Å²) in [5.41, 5.74) is 1.29. The maximum atomic E-state index is 9.02. The minimum Gasteiger partial charge on any atom is -0.393 e. The van der Waals surface area contributed by atoms with Crippen LogP contribution in [-0.4, -0.2) is 22.9 Å². The van der Waals surface area contributed by atoms with Gasteiger partial charge >= 0.3 is 0 Å². The molecule has 1 rings (SSSR count). The lowest BCUT2D eigenvalue weighted by molar-refractivity contribution is 0.131. The highest BCUT2D eigenvalue weighted by atomic mass is 16.3. The fourth-order valence-electron chi connectivity index (χ4n) is 1.21. The summed E-state index contributed by atoms with van der Waals surface area (Å²) < 4.78 is 0. The van der Waals surface area contributed by atoms with E-state index in [0.717, 1.165) is 12.8 Å². The van der Waals surface area contributed by atoms with Gasteiger partial charge in [0, 0.05) is 0 Å². The quantitative estimate of drug-likeness (QED) is 0.694. The molecule has 0 aliphatic carbocycles. The third-order valence-electron chi connectivity index (χ3n) is 1.99. The van der Waals surface area contributed by atoms with E-state index < -0.39 is 6.10 Å². The maximum Gasteiger partial charge on any atom is 0.0951 e. The fourth-order valence-corrected chi connectivity index (χ4v) is 1.21. The summed E-state index contributed by atoms with van der Waals surface area (Å²) in [6, 6.07) is 10.2. The number of aliphatic hydroxyl groups is 2. The Labute approximate surface area is 84.5 Å². The molecule has 2 N–H and O–H groups in total. The molecule has 14 heavy (non-hydrogen) atoms. The molecule has 0 aliphatic heterocycles. The molecule has 1 atom stereocenters. The zero-order valence-corrected chi connectivity index (χ0v) is 8.13. The highest BCUT2D eigenvalue weighted by molar-refractivity contribution is 5.15. The third-order valence-corrected chi connectivity index (χ3v) is 1.99. The van der Waals surface area contributed by atoms with Crippen molar-refractivity contribution < 1.29 is 10.2 Å². The number of rotatable bonds is 5. The molecular formula is C12H16O2. The van der Waals surface area contributed by atoms with E-state index in [0.29, 0.717) is 0 Å². The monoisotopic (exact) mass is 192 g/mol. The van der Waals surface area contributed by atoms with Gasteiger partial charge in [-0.15, -0.1) is 0 Å². The van der Waals surface area contributed by atoms with Crippen LogP contribution in [0.25, 0.3) is 0 Å². The van der Waals surface area contributed by atoms with Crippen molar-refractivity contribution in [3.8, 4) is 0 Å². The van der Waals surface area contributed by atoms with Crippen molar-refractivity contribution in [2.45, 2.75) is 18.9 Å². The standard InChI is InChI=1S/C12H16O2/c13-10-12(14)9-5-4-8-11-6-2-1-3-7-11/h1-3,5-7,9,12-14H,4,8,10H2/b9-5-/t12-/m0/s1. The number of allylic oxidation sites excluding steroid dienone is 1. The van der Waals surface area contributed by atoms with Crippen LogP contribution >= 0.6 is 0 Å². The molecule has 76 valence electrons. The van der Waals surface area contributed by atoms with Crippen LogP contribution in [-0.2, 0) is 6.42 Å². The van der Waals surface area contributed by atoms with E-state index in [2.05, 4.69) is 12.1 Å². The summed E-state index contributed by atoms with van der Waals surface area (Å²) in [5, 5.41) is 17.6. The predicted octanol–water partition coefficient (Wildman–Crippen LogP) is 1.53. The Morgan fingerprint density at radius 3 is 2.57 bits per heavy atom. The molecule has 0 aromatic heterocycles. The smallest absolute Gasteiger partial charge is 0.0951 e. The normalized spacial score (nSPS) is 13.3. The van der Waals surface area contributed by atoms with Crippen molar-refractivity contribution in [2.75, 3.05) is 6.61 Å². The Balaban J connectivity index is 2.25. The summed E-state index contributed by atoms with van der Waals surface area (Å²) in [6.45, 7) is -0.207. The van der Waals surface area contributed by atoms with Gasteiger partial charge in [-0.25, -0.2) is 0 Å². The summed E-state index contributed by atoms with van der Waals surface area (Å²) in [5.74, 6) is 0. The maximum absolute atomic E-state index is 9.02. The van der Waals surface area contributed by atoms with Crippen LogP contribution in [0.2, 0.25) is 0 Å². The summed E-state index contributed by atoms with van der Waals surface area (Å²) in [6.07, 6.45) is 4.67. The van der Waals surface area contributed by atoms with E-state index in [1.54, 1.807) is 6.08 Å². The second-order valence-corrected chi connectivity index (χ2v) is 3.20. The van der Waals surface area contributed by atoms with Crippen LogP contribution < -0.4 is 0 Å². The van der Waals surface area contributed by atoms with Crippen molar-refractivity contribution in [2.24, 2.45) is 0 Å². The molecule has 0 spiro atoms. The molecule has 0 bridgehead atoms. The average Bonchev–Trinajstić information content (AvgIpc) is 2.25. The number of benzene rings is 1. The second kappa shape index (κ2) is 6.35. The van der Waals surface area contributed by atoms with Crippen LogP contribution in [0.15, 0.2) is 42.5 Å². The Morgan fingerprint density at radius 2 is 1.93 bits per heavy atom. The Kier molecular flexibility index (Phi) is 4.97. The van der Waals surface area contributed by atoms with Gasteiger partial charge in [-0.2, -0.15) is 0 Å². The van der Waals surface area contributed by atoms with Crippen LogP contribution in [0.3, 0.4) is 0 Å². The number of aliphatic hydroxyl groups excluding tert-OH is 2. The first-order chi connectivity index (χ1) is 6.83. The first kappa shape index (κ1) is 11.0. The van der Waals surface area contributed by atoms with Crippen molar-refractivity contribution in [3.05, 3.63) is 48.0 Å². The lowest BCUT2D eigenvalue weighted by atomic mass is 10.1. The molecule has 0 amide bonds. The van der Waals surface area contributed by atoms with Crippen LogP contribution in [0.1, 0.15) is 12.0 Å². The van der Waals surface area contributed by atoms with E-state index in [-0.39, 0.29) is 6.61 Å². The molecule has 1 aromatic rings. The Hall–Kier alpha value is -1.12. The van der Waals surface area contributed by atoms with Gasteiger partial charge in [-0.1, -0.05) is 42.5 Å². The lowest BCUT2D eigenvalue weighted by Crippen LogP contribution is -2.06. The van der Waals surface area contributed by atoms with Gasteiger partial charge in [-0.05, 0) is 18.4 Å². The van der Waals surface area contributed by atoms with Crippen LogP contribution in [0.4, 0.5) is 0 Å². The van der Waals surface area contributed by atoms with Gasteiger partial charge in [0.15, 0.2) is 0 Å². The van der Waals surface area contributed by atoms with Crippen molar-refractivity contribution in [3.63, 3.8) is 0 Å².